The lowest BCUT2D eigenvalue weighted by molar-refractivity contribution is 0.563. The third-order valence-electron chi connectivity index (χ3n) is 4.11. The van der Waals surface area contributed by atoms with Crippen molar-refractivity contribution in [1.29, 1.82) is 0 Å². The maximum Gasteiger partial charge on any atom is 0.597 e. The first-order valence-corrected chi connectivity index (χ1v) is 8.82. The van der Waals surface area contributed by atoms with E-state index < -0.39 is 7.65 Å². The predicted octanol–water partition coefficient (Wildman–Crippen LogP) is 6.23. The molecule has 0 N–H and O–H groups in total. The fourth-order valence-electron chi connectivity index (χ4n) is 3.10. The van der Waals surface area contributed by atoms with Gasteiger partial charge in [0.1, 0.15) is 0 Å². The summed E-state index contributed by atoms with van der Waals surface area (Å²) in [4.78, 5) is 0. The highest BCUT2D eigenvalue weighted by molar-refractivity contribution is 7.37. The summed E-state index contributed by atoms with van der Waals surface area (Å²) in [7, 11) is -1.84. The highest BCUT2D eigenvalue weighted by Crippen LogP contribution is 2.37. The Balaban J connectivity index is 2.03. The summed E-state index contributed by atoms with van der Waals surface area (Å²) < 4.78 is 18.3. The fourth-order valence-corrected chi connectivity index (χ4v) is 4.18. The van der Waals surface area contributed by atoms with Gasteiger partial charge in [-0.05, 0) is 40.8 Å². The standard InChI is InChI=1S/C20H16O2P/c1-14-11-16(13-15-7-3-2-4-8-15)20-18(12-14)17-9-5-6-10-19(17)23(21)22-20/h2-12H,13H2,1H3/q+1. The second-order valence-corrected chi connectivity index (χ2v) is 7.01. The van der Waals surface area contributed by atoms with Crippen molar-refractivity contribution in [1.82, 2.24) is 0 Å². The van der Waals surface area contributed by atoms with Crippen LogP contribution in [0.25, 0.3) is 21.5 Å². The Kier molecular flexibility index (Phi) is 3.48. The zero-order valence-electron chi connectivity index (χ0n) is 12.8. The van der Waals surface area contributed by atoms with Crippen LogP contribution in [0.15, 0.2) is 70.9 Å². The lowest BCUT2D eigenvalue weighted by Crippen LogP contribution is -1.91. The third kappa shape index (κ3) is 2.56. The van der Waals surface area contributed by atoms with E-state index in [1.165, 1.54) is 11.1 Å². The first-order valence-electron chi connectivity index (χ1n) is 7.64. The Morgan fingerprint density at radius 2 is 1.65 bits per heavy atom. The molecule has 1 aromatic heterocycles. The summed E-state index contributed by atoms with van der Waals surface area (Å²) in [6.07, 6.45) is 0.774. The molecule has 1 unspecified atom stereocenters. The van der Waals surface area contributed by atoms with Gasteiger partial charge in [0.2, 0.25) is 5.12 Å². The summed E-state index contributed by atoms with van der Waals surface area (Å²) in [5.41, 5.74) is 4.26. The minimum absolute atomic E-state index is 0.763. The van der Waals surface area contributed by atoms with Gasteiger partial charge in [-0.1, -0.05) is 48.5 Å². The minimum atomic E-state index is -1.84. The molecule has 0 aliphatic rings. The van der Waals surface area contributed by atoms with E-state index in [2.05, 4.69) is 31.2 Å². The average molecular weight is 319 g/mol. The molecule has 1 heterocycles. The van der Waals surface area contributed by atoms with Gasteiger partial charge in [-0.2, -0.15) is 0 Å². The van der Waals surface area contributed by atoms with Crippen LogP contribution in [0.2, 0.25) is 0 Å². The molecule has 4 rings (SSSR count). The lowest BCUT2D eigenvalue weighted by Gasteiger charge is -2.06. The summed E-state index contributed by atoms with van der Waals surface area (Å²) in [5, 5.41) is 2.85. The SMILES string of the molecule is Cc1cc(Cc2ccccc2)c2o[p+](=O)c3ccccc3c2c1. The molecule has 112 valence electrons. The van der Waals surface area contributed by atoms with Gasteiger partial charge >= 0.3 is 7.65 Å². The number of rotatable bonds is 2. The van der Waals surface area contributed by atoms with Crippen LogP contribution in [0.3, 0.4) is 0 Å². The molecule has 0 saturated heterocycles. The second kappa shape index (κ2) is 5.64. The molecule has 0 radical (unpaired) electrons. The maximum absolute atomic E-state index is 12.5. The first-order chi connectivity index (χ1) is 11.2. The molecule has 0 saturated carbocycles. The van der Waals surface area contributed by atoms with Crippen LogP contribution in [0.5, 0.6) is 0 Å². The van der Waals surface area contributed by atoms with Crippen molar-refractivity contribution in [3.63, 3.8) is 0 Å². The molecule has 0 fully saturated rings. The van der Waals surface area contributed by atoms with E-state index in [9.17, 15) is 4.57 Å². The normalized spacial score (nSPS) is 12.0. The Morgan fingerprint density at radius 3 is 2.48 bits per heavy atom. The van der Waals surface area contributed by atoms with Crippen LogP contribution < -0.4 is 0 Å². The monoisotopic (exact) mass is 319 g/mol. The van der Waals surface area contributed by atoms with Crippen molar-refractivity contribution >= 4 is 29.1 Å². The first kappa shape index (κ1) is 14.2. The summed E-state index contributed by atoms with van der Waals surface area (Å²) in [6.45, 7) is 2.09. The van der Waals surface area contributed by atoms with Crippen molar-refractivity contribution in [2.75, 3.05) is 0 Å². The number of benzene rings is 3. The van der Waals surface area contributed by atoms with E-state index in [0.29, 0.717) is 0 Å². The van der Waals surface area contributed by atoms with Crippen molar-refractivity contribution in [2.45, 2.75) is 13.3 Å². The van der Waals surface area contributed by atoms with Crippen molar-refractivity contribution in [3.8, 4) is 0 Å². The molecule has 3 aromatic carbocycles. The largest absolute Gasteiger partial charge is 0.597 e. The molecule has 0 aliphatic heterocycles. The van der Waals surface area contributed by atoms with Gasteiger partial charge in [0.25, 0.3) is 0 Å². The molecule has 23 heavy (non-hydrogen) atoms. The number of aryl methyl sites for hydroxylation is 1. The lowest BCUT2D eigenvalue weighted by atomic mass is 9.99. The Hall–Kier alpha value is -2.44. The highest BCUT2D eigenvalue weighted by atomic mass is 31.1. The summed E-state index contributed by atoms with van der Waals surface area (Å²) in [5.74, 6) is 0. The quantitative estimate of drug-likeness (QED) is 0.410. The molecule has 3 heteroatoms. The predicted molar refractivity (Wildman–Crippen MR) is 95.3 cm³/mol. The smallest absolute Gasteiger partial charge is 0.249 e. The van der Waals surface area contributed by atoms with Crippen LogP contribution in [-0.2, 0) is 11.0 Å². The van der Waals surface area contributed by atoms with Gasteiger partial charge in [-0.15, -0.1) is 0 Å². The molecule has 2 nitrogen and oxygen atoms in total. The molecule has 0 spiro atoms. The van der Waals surface area contributed by atoms with Crippen molar-refractivity contribution in [3.05, 3.63) is 83.4 Å². The van der Waals surface area contributed by atoms with Gasteiger partial charge in [-0.25, -0.2) is 4.20 Å². The van der Waals surface area contributed by atoms with E-state index in [0.717, 1.165) is 33.5 Å². The van der Waals surface area contributed by atoms with Gasteiger partial charge in [0, 0.05) is 22.8 Å². The molecular weight excluding hydrogens is 303 g/mol. The third-order valence-corrected chi connectivity index (χ3v) is 5.24. The zero-order valence-corrected chi connectivity index (χ0v) is 13.7. The van der Waals surface area contributed by atoms with E-state index in [1.807, 2.05) is 42.5 Å². The van der Waals surface area contributed by atoms with Crippen molar-refractivity contribution in [2.24, 2.45) is 0 Å². The number of hydrogen-bond acceptors (Lipinski definition) is 2. The van der Waals surface area contributed by atoms with E-state index in [-0.39, 0.29) is 0 Å². The zero-order chi connectivity index (χ0) is 15.8. The highest BCUT2D eigenvalue weighted by Gasteiger charge is 2.18. The summed E-state index contributed by atoms with van der Waals surface area (Å²) in [6, 6.07) is 22.3. The fraction of sp³-hybridized carbons (Fsp3) is 0.100. The van der Waals surface area contributed by atoms with Crippen LogP contribution >= 0.6 is 7.65 Å². The van der Waals surface area contributed by atoms with Crippen molar-refractivity contribution < 1.29 is 8.76 Å². The molecule has 1 atom stereocenters. The average Bonchev–Trinajstić information content (AvgIpc) is 2.57. The van der Waals surface area contributed by atoms with E-state index >= 15 is 0 Å². The molecule has 0 aliphatic carbocycles. The van der Waals surface area contributed by atoms with Gasteiger partial charge < -0.3 is 0 Å². The maximum atomic E-state index is 12.5. The van der Waals surface area contributed by atoms with Gasteiger partial charge in [0.15, 0.2) is 5.58 Å². The molecule has 4 aromatic rings. The molecular formula is C20H16O2P+. The van der Waals surface area contributed by atoms with E-state index in [4.69, 9.17) is 4.20 Å². The van der Waals surface area contributed by atoms with Gasteiger partial charge in [0.05, 0.1) is 0 Å². The van der Waals surface area contributed by atoms with Gasteiger partial charge in [-0.3, -0.25) is 0 Å². The minimum Gasteiger partial charge on any atom is -0.249 e. The van der Waals surface area contributed by atoms with E-state index in [1.54, 1.807) is 0 Å². The Labute approximate surface area is 135 Å². The topological polar surface area (TPSA) is 30.2 Å². The van der Waals surface area contributed by atoms with Crippen LogP contribution in [0.4, 0.5) is 0 Å². The van der Waals surface area contributed by atoms with Crippen LogP contribution in [-0.4, -0.2) is 0 Å². The molecule has 0 amide bonds. The Morgan fingerprint density at radius 1 is 0.913 bits per heavy atom. The Bertz CT molecular complexity index is 1070. The summed E-state index contributed by atoms with van der Waals surface area (Å²) >= 11 is 0. The molecule has 0 bridgehead atoms. The number of fused-ring (bicyclic) bond motifs is 3. The second-order valence-electron chi connectivity index (χ2n) is 5.83. The number of hydrogen-bond donors (Lipinski definition) is 0. The van der Waals surface area contributed by atoms with Crippen LogP contribution in [0, 0.1) is 6.92 Å². The van der Waals surface area contributed by atoms with Crippen LogP contribution in [0.1, 0.15) is 16.7 Å².